The zero-order valence-corrected chi connectivity index (χ0v) is 12.7. The van der Waals surface area contributed by atoms with Crippen molar-refractivity contribution in [2.24, 2.45) is 5.92 Å². The van der Waals surface area contributed by atoms with Gasteiger partial charge in [-0.2, -0.15) is 0 Å². The van der Waals surface area contributed by atoms with Gasteiger partial charge < -0.3 is 15.0 Å². The largest absolute Gasteiger partial charge is 0.376 e. The summed E-state index contributed by atoms with van der Waals surface area (Å²) in [4.78, 5) is 14.8. The van der Waals surface area contributed by atoms with E-state index in [0.29, 0.717) is 35.4 Å². The summed E-state index contributed by atoms with van der Waals surface area (Å²) in [6, 6.07) is 3.49. The van der Waals surface area contributed by atoms with E-state index in [9.17, 15) is 4.79 Å². The molecule has 0 bridgehead atoms. The number of carbonyl (C=O) groups excluding carboxylic acids is 1. The minimum atomic E-state index is -0.146. The molecule has 4 nitrogen and oxygen atoms in total. The van der Waals surface area contributed by atoms with Gasteiger partial charge in [0, 0.05) is 12.7 Å². The molecule has 1 heterocycles. The summed E-state index contributed by atoms with van der Waals surface area (Å²) >= 11 is 5.08. The van der Waals surface area contributed by atoms with Crippen molar-refractivity contribution >= 4 is 18.1 Å². The Morgan fingerprint density at radius 2 is 2.30 bits per heavy atom. The number of hydrogen-bond donors (Lipinski definition) is 2. The fraction of sp³-hybridized carbons (Fsp3) is 0.600. The zero-order chi connectivity index (χ0) is 14.4. The quantitative estimate of drug-likeness (QED) is 0.648. The maximum Gasteiger partial charge on any atom is 0.254 e. The smallest absolute Gasteiger partial charge is 0.254 e. The van der Waals surface area contributed by atoms with Crippen LogP contribution >= 0.6 is 12.2 Å². The molecule has 0 unspecified atom stereocenters. The molecule has 1 aliphatic carbocycles. The number of carbonyl (C=O) groups is 1. The highest BCUT2D eigenvalue weighted by molar-refractivity contribution is 7.71. The van der Waals surface area contributed by atoms with Crippen LogP contribution in [0.3, 0.4) is 0 Å². The summed E-state index contributed by atoms with van der Waals surface area (Å²) in [6.45, 7) is 3.32. The van der Waals surface area contributed by atoms with E-state index in [-0.39, 0.29) is 5.91 Å². The molecule has 2 rings (SSSR count). The summed E-state index contributed by atoms with van der Waals surface area (Å²) in [7, 11) is 0. The van der Waals surface area contributed by atoms with Gasteiger partial charge in [0.2, 0.25) is 0 Å². The Morgan fingerprint density at radius 3 is 3.05 bits per heavy atom. The second-order valence-electron chi connectivity index (χ2n) is 5.34. The maximum atomic E-state index is 11.9. The molecule has 1 aliphatic rings. The van der Waals surface area contributed by atoms with Crippen LogP contribution in [0.5, 0.6) is 0 Å². The van der Waals surface area contributed by atoms with Crippen LogP contribution in [-0.2, 0) is 4.74 Å². The van der Waals surface area contributed by atoms with Gasteiger partial charge in [0.15, 0.2) is 0 Å². The lowest BCUT2D eigenvalue weighted by molar-refractivity contribution is -0.00294. The molecule has 0 saturated heterocycles. The highest BCUT2D eigenvalue weighted by Crippen LogP contribution is 2.25. The van der Waals surface area contributed by atoms with E-state index in [1.807, 2.05) is 0 Å². The average molecular weight is 294 g/mol. The summed E-state index contributed by atoms with van der Waals surface area (Å²) in [5.41, 5.74) is 0.508. The van der Waals surface area contributed by atoms with Gasteiger partial charge >= 0.3 is 0 Å². The van der Waals surface area contributed by atoms with E-state index in [1.165, 1.54) is 19.3 Å². The molecule has 1 saturated carbocycles. The van der Waals surface area contributed by atoms with E-state index in [1.54, 1.807) is 18.3 Å². The predicted octanol–water partition coefficient (Wildman–Crippen LogP) is 3.07. The molecule has 1 aromatic heterocycles. The van der Waals surface area contributed by atoms with Gasteiger partial charge in [0.1, 0.15) is 4.64 Å². The third-order valence-corrected chi connectivity index (χ3v) is 4.15. The summed E-state index contributed by atoms with van der Waals surface area (Å²) < 4.78 is 6.33. The minimum absolute atomic E-state index is 0.146. The van der Waals surface area contributed by atoms with E-state index < -0.39 is 0 Å². The molecule has 0 aliphatic heterocycles. The second-order valence-corrected chi connectivity index (χ2v) is 5.75. The van der Waals surface area contributed by atoms with Crippen LogP contribution < -0.4 is 5.32 Å². The molecule has 1 amide bonds. The van der Waals surface area contributed by atoms with E-state index in [2.05, 4.69) is 17.2 Å². The van der Waals surface area contributed by atoms with Gasteiger partial charge in [-0.15, -0.1) is 0 Å². The standard InChI is InChI=1S/C15H22N2O2S/c1-11-5-2-3-7-13(11)19-10-9-16-14(18)12-6-4-8-17-15(12)20/h4,6,8,11,13H,2-3,5,7,9-10H2,1H3,(H,16,18)(H,17,20)/t11-,13+/m1/s1. The van der Waals surface area contributed by atoms with Crippen LogP contribution in [0.1, 0.15) is 43.0 Å². The maximum absolute atomic E-state index is 11.9. The van der Waals surface area contributed by atoms with Crippen LogP contribution in [0.15, 0.2) is 18.3 Å². The number of hydrogen-bond acceptors (Lipinski definition) is 3. The molecule has 2 atom stereocenters. The molecule has 0 spiro atoms. The number of nitrogens with one attached hydrogen (secondary N) is 2. The van der Waals surface area contributed by atoms with Crippen molar-refractivity contribution in [3.63, 3.8) is 0 Å². The third kappa shape index (κ3) is 4.15. The number of rotatable bonds is 5. The number of aromatic nitrogens is 1. The van der Waals surface area contributed by atoms with Gasteiger partial charge in [-0.05, 0) is 30.9 Å². The normalized spacial score (nSPS) is 22.4. The molecule has 20 heavy (non-hydrogen) atoms. The average Bonchev–Trinajstić information content (AvgIpc) is 2.45. The summed E-state index contributed by atoms with van der Waals surface area (Å²) in [6.07, 6.45) is 7.01. The van der Waals surface area contributed by atoms with Crippen molar-refractivity contribution in [3.05, 3.63) is 28.5 Å². The Kier molecular flexibility index (Phi) is 5.73. The van der Waals surface area contributed by atoms with E-state index in [0.717, 1.165) is 6.42 Å². The first kappa shape index (κ1) is 15.2. The van der Waals surface area contributed by atoms with Crippen molar-refractivity contribution < 1.29 is 9.53 Å². The van der Waals surface area contributed by atoms with E-state index in [4.69, 9.17) is 17.0 Å². The zero-order valence-electron chi connectivity index (χ0n) is 11.9. The molecule has 0 radical (unpaired) electrons. The lowest BCUT2D eigenvalue weighted by Crippen LogP contribution is -2.32. The van der Waals surface area contributed by atoms with Crippen molar-refractivity contribution in [2.45, 2.75) is 38.7 Å². The van der Waals surface area contributed by atoms with Crippen LogP contribution in [0.4, 0.5) is 0 Å². The lowest BCUT2D eigenvalue weighted by Gasteiger charge is -2.28. The molecule has 1 aromatic rings. The first-order valence-corrected chi connectivity index (χ1v) is 7.67. The Bertz CT molecular complexity index is 501. The van der Waals surface area contributed by atoms with E-state index >= 15 is 0 Å². The highest BCUT2D eigenvalue weighted by Gasteiger charge is 2.21. The lowest BCUT2D eigenvalue weighted by atomic mass is 9.88. The number of H-pyrrole nitrogens is 1. The third-order valence-electron chi connectivity index (χ3n) is 3.82. The molecular weight excluding hydrogens is 272 g/mol. The molecule has 0 aromatic carbocycles. The molecule has 5 heteroatoms. The predicted molar refractivity (Wildman–Crippen MR) is 81.3 cm³/mol. The van der Waals surface area contributed by atoms with Gasteiger partial charge in [0.25, 0.3) is 5.91 Å². The van der Waals surface area contributed by atoms with Crippen LogP contribution in [0, 0.1) is 10.6 Å². The first-order chi connectivity index (χ1) is 9.68. The fourth-order valence-electron chi connectivity index (χ4n) is 2.60. The number of aromatic amines is 1. The molecule has 1 fully saturated rings. The number of ether oxygens (including phenoxy) is 1. The van der Waals surface area contributed by atoms with Gasteiger partial charge in [-0.25, -0.2) is 0 Å². The minimum Gasteiger partial charge on any atom is -0.376 e. The number of amides is 1. The first-order valence-electron chi connectivity index (χ1n) is 7.26. The van der Waals surface area contributed by atoms with Crippen LogP contribution in [0.25, 0.3) is 0 Å². The summed E-state index contributed by atoms with van der Waals surface area (Å²) in [5.74, 6) is 0.481. The Hall–Kier alpha value is -1.20. The van der Waals surface area contributed by atoms with Crippen LogP contribution in [-0.4, -0.2) is 30.1 Å². The highest BCUT2D eigenvalue weighted by atomic mass is 32.1. The Balaban J connectivity index is 1.72. The second kappa shape index (κ2) is 7.55. The SMILES string of the molecule is C[C@@H]1CCCC[C@@H]1OCCNC(=O)c1ccc[nH]c1=S. The van der Waals surface area contributed by atoms with Crippen molar-refractivity contribution in [3.8, 4) is 0 Å². The van der Waals surface area contributed by atoms with Gasteiger partial charge in [0.05, 0.1) is 18.3 Å². The van der Waals surface area contributed by atoms with Crippen LogP contribution in [0.2, 0.25) is 0 Å². The Labute approximate surface area is 124 Å². The number of pyridine rings is 1. The van der Waals surface area contributed by atoms with Gasteiger partial charge in [-0.3, -0.25) is 4.79 Å². The topological polar surface area (TPSA) is 54.1 Å². The fourth-order valence-corrected chi connectivity index (χ4v) is 2.83. The molecule has 110 valence electrons. The van der Waals surface area contributed by atoms with Crippen molar-refractivity contribution in [2.75, 3.05) is 13.2 Å². The molecule has 2 N–H and O–H groups in total. The monoisotopic (exact) mass is 294 g/mol. The van der Waals surface area contributed by atoms with Crippen molar-refractivity contribution in [1.82, 2.24) is 10.3 Å². The van der Waals surface area contributed by atoms with Gasteiger partial charge in [-0.1, -0.05) is 32.0 Å². The molecular formula is C15H22N2O2S. The van der Waals surface area contributed by atoms with Crippen molar-refractivity contribution in [1.29, 1.82) is 0 Å². The summed E-state index contributed by atoms with van der Waals surface area (Å²) in [5, 5.41) is 2.84. The Morgan fingerprint density at radius 1 is 1.50 bits per heavy atom.